The third-order valence-electron chi connectivity index (χ3n) is 3.74. The highest BCUT2D eigenvalue weighted by atomic mass is 16.5. The SMILES string of the molecule is [NH]C(CCC1CCCCO1)C1CCCCO1. The van der Waals surface area contributed by atoms with Gasteiger partial charge in [-0.1, -0.05) is 0 Å². The first-order valence-electron chi connectivity index (χ1n) is 6.80. The van der Waals surface area contributed by atoms with Crippen molar-refractivity contribution in [2.45, 2.75) is 69.6 Å². The summed E-state index contributed by atoms with van der Waals surface area (Å²) in [4.78, 5) is 0. The number of hydrogen-bond acceptors (Lipinski definition) is 2. The Kier molecular flexibility index (Phi) is 5.07. The second-order valence-corrected chi connectivity index (χ2v) is 5.08. The molecule has 2 fully saturated rings. The standard InChI is InChI=1S/C13H24NO2/c14-12(13-6-2-4-10-16-13)8-7-11-5-1-3-9-15-11/h11-14H,1-10H2. The first kappa shape index (κ1) is 12.3. The highest BCUT2D eigenvalue weighted by Gasteiger charge is 2.23. The van der Waals surface area contributed by atoms with Crippen LogP contribution in [0, 0.1) is 0 Å². The number of hydrogen-bond donors (Lipinski definition) is 0. The molecular formula is C13H24NO2. The van der Waals surface area contributed by atoms with Gasteiger partial charge in [0.1, 0.15) is 0 Å². The molecule has 2 heterocycles. The van der Waals surface area contributed by atoms with Gasteiger partial charge in [-0.25, -0.2) is 0 Å². The molecule has 3 nitrogen and oxygen atoms in total. The lowest BCUT2D eigenvalue weighted by molar-refractivity contribution is -0.0162. The van der Waals surface area contributed by atoms with E-state index in [-0.39, 0.29) is 12.1 Å². The van der Waals surface area contributed by atoms with Gasteiger partial charge in [-0.05, 0) is 51.4 Å². The van der Waals surface area contributed by atoms with E-state index in [0.29, 0.717) is 6.10 Å². The molecule has 3 atom stereocenters. The van der Waals surface area contributed by atoms with Crippen molar-refractivity contribution in [2.24, 2.45) is 0 Å². The Bertz CT molecular complexity index is 186. The maximum absolute atomic E-state index is 8.10. The molecule has 2 aliphatic heterocycles. The van der Waals surface area contributed by atoms with Crippen LogP contribution in [-0.2, 0) is 9.47 Å². The lowest BCUT2D eigenvalue weighted by Gasteiger charge is -2.29. The van der Waals surface area contributed by atoms with E-state index in [9.17, 15) is 0 Å². The average molecular weight is 226 g/mol. The maximum Gasteiger partial charge on any atom is 0.0741 e. The monoisotopic (exact) mass is 226 g/mol. The minimum absolute atomic E-state index is 0.0363. The van der Waals surface area contributed by atoms with Gasteiger partial charge in [0.25, 0.3) is 0 Å². The number of rotatable bonds is 4. The van der Waals surface area contributed by atoms with E-state index < -0.39 is 0 Å². The van der Waals surface area contributed by atoms with Crippen LogP contribution in [0.2, 0.25) is 0 Å². The van der Waals surface area contributed by atoms with Crippen LogP contribution >= 0.6 is 0 Å². The molecule has 0 aliphatic carbocycles. The third kappa shape index (κ3) is 3.72. The fourth-order valence-electron chi connectivity index (χ4n) is 2.67. The smallest absolute Gasteiger partial charge is 0.0741 e. The van der Waals surface area contributed by atoms with Crippen LogP contribution < -0.4 is 5.73 Å². The summed E-state index contributed by atoms with van der Waals surface area (Å²) in [6.45, 7) is 1.78. The Morgan fingerprint density at radius 1 is 1.00 bits per heavy atom. The Labute approximate surface area is 98.7 Å². The Morgan fingerprint density at radius 3 is 2.38 bits per heavy atom. The van der Waals surface area contributed by atoms with Gasteiger partial charge in [0.15, 0.2) is 0 Å². The van der Waals surface area contributed by atoms with Crippen LogP contribution in [0.25, 0.3) is 0 Å². The summed E-state index contributed by atoms with van der Waals surface area (Å²) in [5, 5.41) is 0. The van der Waals surface area contributed by atoms with Crippen molar-refractivity contribution in [3.05, 3.63) is 0 Å². The van der Waals surface area contributed by atoms with Crippen LogP contribution in [-0.4, -0.2) is 31.5 Å². The molecule has 16 heavy (non-hydrogen) atoms. The van der Waals surface area contributed by atoms with Gasteiger partial charge in [-0.2, -0.15) is 0 Å². The van der Waals surface area contributed by atoms with E-state index in [0.717, 1.165) is 32.5 Å². The van der Waals surface area contributed by atoms with Crippen molar-refractivity contribution in [1.29, 1.82) is 0 Å². The predicted molar refractivity (Wildman–Crippen MR) is 63.3 cm³/mol. The minimum Gasteiger partial charge on any atom is -0.378 e. The molecule has 0 bridgehead atoms. The molecular weight excluding hydrogens is 202 g/mol. The average Bonchev–Trinajstić information content (AvgIpc) is 2.38. The maximum atomic E-state index is 8.10. The summed E-state index contributed by atoms with van der Waals surface area (Å²) in [5.74, 6) is 0. The molecule has 1 radical (unpaired) electrons. The second kappa shape index (κ2) is 6.58. The van der Waals surface area contributed by atoms with E-state index in [1.165, 1.54) is 32.1 Å². The summed E-state index contributed by atoms with van der Waals surface area (Å²) in [6, 6.07) is -0.0363. The first-order valence-corrected chi connectivity index (χ1v) is 6.80. The molecule has 0 amide bonds. The van der Waals surface area contributed by atoms with Crippen LogP contribution in [0.5, 0.6) is 0 Å². The fourth-order valence-corrected chi connectivity index (χ4v) is 2.67. The zero-order valence-electron chi connectivity index (χ0n) is 10.1. The summed E-state index contributed by atoms with van der Waals surface area (Å²) in [7, 11) is 0. The topological polar surface area (TPSA) is 42.3 Å². The molecule has 0 aromatic rings. The van der Waals surface area contributed by atoms with Crippen LogP contribution in [0.4, 0.5) is 0 Å². The van der Waals surface area contributed by atoms with E-state index in [4.69, 9.17) is 15.2 Å². The molecule has 93 valence electrons. The highest BCUT2D eigenvalue weighted by molar-refractivity contribution is 4.77. The Balaban J connectivity index is 1.63. The third-order valence-corrected chi connectivity index (χ3v) is 3.74. The Morgan fingerprint density at radius 2 is 1.75 bits per heavy atom. The molecule has 0 spiro atoms. The fraction of sp³-hybridized carbons (Fsp3) is 1.00. The van der Waals surface area contributed by atoms with Gasteiger partial charge in [-0.15, -0.1) is 0 Å². The quantitative estimate of drug-likeness (QED) is 0.739. The molecule has 0 saturated carbocycles. The number of ether oxygens (including phenoxy) is 2. The number of nitrogens with one attached hydrogen (secondary N) is 1. The zero-order valence-corrected chi connectivity index (χ0v) is 10.1. The van der Waals surface area contributed by atoms with Gasteiger partial charge in [0.2, 0.25) is 0 Å². The molecule has 3 unspecified atom stereocenters. The summed E-state index contributed by atoms with van der Waals surface area (Å²) < 4.78 is 11.3. The van der Waals surface area contributed by atoms with Crippen LogP contribution in [0.15, 0.2) is 0 Å². The Hall–Kier alpha value is -0.120. The summed E-state index contributed by atoms with van der Waals surface area (Å²) in [5.41, 5.74) is 8.10. The van der Waals surface area contributed by atoms with Crippen molar-refractivity contribution in [1.82, 2.24) is 5.73 Å². The lowest BCUT2D eigenvalue weighted by Crippen LogP contribution is -2.34. The van der Waals surface area contributed by atoms with Crippen molar-refractivity contribution >= 4 is 0 Å². The van der Waals surface area contributed by atoms with E-state index >= 15 is 0 Å². The van der Waals surface area contributed by atoms with E-state index in [2.05, 4.69) is 0 Å². The van der Waals surface area contributed by atoms with Gasteiger partial charge in [0, 0.05) is 19.3 Å². The molecule has 0 aromatic heterocycles. The van der Waals surface area contributed by atoms with Gasteiger partial charge < -0.3 is 9.47 Å². The molecule has 3 heteroatoms. The van der Waals surface area contributed by atoms with Crippen LogP contribution in [0.3, 0.4) is 0 Å². The van der Waals surface area contributed by atoms with Crippen molar-refractivity contribution in [3.63, 3.8) is 0 Å². The second-order valence-electron chi connectivity index (χ2n) is 5.08. The van der Waals surface area contributed by atoms with Crippen molar-refractivity contribution < 1.29 is 9.47 Å². The zero-order chi connectivity index (χ0) is 11.2. The molecule has 1 N–H and O–H groups in total. The molecule has 2 saturated heterocycles. The normalized spacial score (nSPS) is 33.6. The van der Waals surface area contributed by atoms with E-state index in [1.54, 1.807) is 0 Å². The van der Waals surface area contributed by atoms with Gasteiger partial charge in [-0.3, -0.25) is 5.73 Å². The van der Waals surface area contributed by atoms with E-state index in [1.807, 2.05) is 0 Å². The molecule has 2 rings (SSSR count). The largest absolute Gasteiger partial charge is 0.378 e. The molecule has 2 aliphatic rings. The minimum atomic E-state index is -0.0363. The highest BCUT2D eigenvalue weighted by Crippen LogP contribution is 2.22. The predicted octanol–water partition coefficient (Wildman–Crippen LogP) is 2.56. The molecule has 0 aromatic carbocycles. The summed E-state index contributed by atoms with van der Waals surface area (Å²) >= 11 is 0. The van der Waals surface area contributed by atoms with Crippen molar-refractivity contribution in [3.8, 4) is 0 Å². The first-order chi connectivity index (χ1) is 7.86. The van der Waals surface area contributed by atoms with Gasteiger partial charge in [0.05, 0.1) is 12.2 Å². The van der Waals surface area contributed by atoms with Crippen molar-refractivity contribution in [2.75, 3.05) is 13.2 Å². The van der Waals surface area contributed by atoms with Gasteiger partial charge >= 0.3 is 0 Å². The van der Waals surface area contributed by atoms with Crippen LogP contribution in [0.1, 0.15) is 51.4 Å². The summed E-state index contributed by atoms with van der Waals surface area (Å²) in [6.07, 6.45) is 9.80. The lowest BCUT2D eigenvalue weighted by atomic mass is 9.96.